The van der Waals surface area contributed by atoms with E-state index in [1.165, 1.54) is 135 Å². The maximum absolute atomic E-state index is 6.13. The quantitative estimate of drug-likeness (QED) is 0.201. The van der Waals surface area contributed by atoms with Crippen molar-refractivity contribution in [3.8, 4) is 5.75 Å². The molecule has 2 aliphatic rings. The fraction of sp³-hybridized carbons (Fsp3) is 0.824. The van der Waals surface area contributed by atoms with E-state index in [4.69, 9.17) is 4.74 Å². The number of unbranched alkanes of at least 4 members (excludes halogenated alkanes) is 7. The Labute approximate surface area is 219 Å². The van der Waals surface area contributed by atoms with Crippen molar-refractivity contribution in [1.29, 1.82) is 0 Å². The van der Waals surface area contributed by atoms with Gasteiger partial charge < -0.3 is 4.74 Å². The van der Waals surface area contributed by atoms with Crippen LogP contribution in [0.3, 0.4) is 0 Å². The second-order valence-corrected chi connectivity index (χ2v) is 12.2. The van der Waals surface area contributed by atoms with Gasteiger partial charge in [-0.05, 0) is 79.9 Å². The molecule has 3 rings (SSSR count). The smallest absolute Gasteiger partial charge is 0.119 e. The average molecular weight is 483 g/mol. The first-order chi connectivity index (χ1) is 17.3. The Morgan fingerprint density at radius 3 is 1.54 bits per heavy atom. The normalized spacial score (nSPS) is 25.0. The van der Waals surface area contributed by atoms with Crippen LogP contribution in [0.5, 0.6) is 5.75 Å². The van der Waals surface area contributed by atoms with E-state index in [0.29, 0.717) is 0 Å². The molecule has 0 aromatic heterocycles. The van der Waals surface area contributed by atoms with E-state index in [1.807, 2.05) is 0 Å². The van der Waals surface area contributed by atoms with Crippen molar-refractivity contribution < 1.29 is 4.74 Å². The van der Waals surface area contributed by atoms with Crippen molar-refractivity contribution >= 4 is 0 Å². The van der Waals surface area contributed by atoms with Crippen molar-refractivity contribution in [3.05, 3.63) is 29.8 Å². The van der Waals surface area contributed by atoms with Crippen LogP contribution in [0.25, 0.3) is 0 Å². The Morgan fingerprint density at radius 2 is 1.00 bits per heavy atom. The van der Waals surface area contributed by atoms with Crippen LogP contribution < -0.4 is 4.74 Å². The largest absolute Gasteiger partial charge is 0.494 e. The summed E-state index contributed by atoms with van der Waals surface area (Å²) in [5.74, 6) is 4.84. The molecule has 0 unspecified atom stereocenters. The van der Waals surface area contributed by atoms with Crippen LogP contribution in [0.15, 0.2) is 24.3 Å². The zero-order valence-corrected chi connectivity index (χ0v) is 23.6. The predicted molar refractivity (Wildman–Crippen MR) is 153 cm³/mol. The van der Waals surface area contributed by atoms with Gasteiger partial charge >= 0.3 is 0 Å². The molecular formula is C34H58O. The minimum Gasteiger partial charge on any atom is -0.494 e. The lowest BCUT2D eigenvalue weighted by atomic mass is 9.77. The summed E-state index contributed by atoms with van der Waals surface area (Å²) >= 11 is 0. The molecule has 0 bridgehead atoms. The average Bonchev–Trinajstić information content (AvgIpc) is 2.90. The lowest BCUT2D eigenvalue weighted by Crippen LogP contribution is -2.15. The van der Waals surface area contributed by atoms with Crippen LogP contribution in [0.2, 0.25) is 0 Å². The number of rotatable bonds is 17. The molecule has 1 heteroatoms. The van der Waals surface area contributed by atoms with Crippen LogP contribution in [0, 0.1) is 17.8 Å². The van der Waals surface area contributed by atoms with Crippen molar-refractivity contribution in [2.45, 2.75) is 155 Å². The predicted octanol–water partition coefficient (Wildman–Crippen LogP) is 11.3. The molecular weight excluding hydrogens is 424 g/mol. The van der Waals surface area contributed by atoms with E-state index < -0.39 is 0 Å². The second kappa shape index (κ2) is 17.5. The Morgan fingerprint density at radius 1 is 0.543 bits per heavy atom. The van der Waals surface area contributed by atoms with E-state index in [1.54, 1.807) is 5.56 Å². The van der Waals surface area contributed by atoms with E-state index in [9.17, 15) is 0 Å². The molecule has 2 saturated carbocycles. The zero-order chi connectivity index (χ0) is 24.6. The summed E-state index contributed by atoms with van der Waals surface area (Å²) < 4.78 is 6.13. The molecule has 0 atom stereocenters. The molecule has 1 nitrogen and oxygen atoms in total. The Hall–Kier alpha value is -0.980. The van der Waals surface area contributed by atoms with Gasteiger partial charge in [-0.1, -0.05) is 122 Å². The third-order valence-electron chi connectivity index (χ3n) is 9.37. The summed E-state index contributed by atoms with van der Waals surface area (Å²) in [6, 6.07) is 9.18. The lowest BCUT2D eigenvalue weighted by molar-refractivity contribution is 0.228. The standard InChI is InChI=1S/C34H58O/c1-3-5-7-9-11-14-30-20-22-32(23-21-30)33-24-26-34(27-25-33)35-28-12-15-31-18-16-29(17-19-31)13-10-8-6-4-2/h24-27,29-32H,3-23,28H2,1-2H3. The number of hydrogen-bond donors (Lipinski definition) is 0. The van der Waals surface area contributed by atoms with Crippen molar-refractivity contribution in [2.24, 2.45) is 17.8 Å². The van der Waals surface area contributed by atoms with Gasteiger partial charge in [0.05, 0.1) is 6.61 Å². The highest BCUT2D eigenvalue weighted by atomic mass is 16.5. The van der Waals surface area contributed by atoms with E-state index in [2.05, 4.69) is 38.1 Å². The van der Waals surface area contributed by atoms with Gasteiger partial charge in [0, 0.05) is 0 Å². The molecule has 1 aromatic carbocycles. The van der Waals surface area contributed by atoms with Crippen LogP contribution in [-0.2, 0) is 0 Å². The molecule has 0 radical (unpaired) electrons. The molecule has 2 fully saturated rings. The molecule has 200 valence electrons. The Balaban J connectivity index is 1.22. The molecule has 0 spiro atoms. The van der Waals surface area contributed by atoms with Crippen LogP contribution in [0.4, 0.5) is 0 Å². The van der Waals surface area contributed by atoms with Gasteiger partial charge in [-0.25, -0.2) is 0 Å². The summed E-state index contributed by atoms with van der Waals surface area (Å²) in [6.07, 6.45) is 30.0. The molecule has 1 aromatic rings. The number of ether oxygens (including phenoxy) is 1. The molecule has 35 heavy (non-hydrogen) atoms. The molecule has 2 aliphatic carbocycles. The van der Waals surface area contributed by atoms with E-state index >= 15 is 0 Å². The van der Waals surface area contributed by atoms with Crippen LogP contribution in [0.1, 0.15) is 160 Å². The first kappa shape index (κ1) is 28.6. The Bertz CT molecular complexity index is 618. The van der Waals surface area contributed by atoms with Gasteiger partial charge in [-0.15, -0.1) is 0 Å². The van der Waals surface area contributed by atoms with Crippen molar-refractivity contribution in [3.63, 3.8) is 0 Å². The third kappa shape index (κ3) is 11.3. The van der Waals surface area contributed by atoms with Gasteiger partial charge in [-0.3, -0.25) is 0 Å². The third-order valence-corrected chi connectivity index (χ3v) is 9.37. The highest BCUT2D eigenvalue weighted by Crippen LogP contribution is 2.38. The van der Waals surface area contributed by atoms with Gasteiger partial charge in [0.1, 0.15) is 5.75 Å². The summed E-state index contributed by atoms with van der Waals surface area (Å²) in [5.41, 5.74) is 1.55. The molecule has 0 N–H and O–H groups in total. The summed E-state index contributed by atoms with van der Waals surface area (Å²) in [6.45, 7) is 5.51. The monoisotopic (exact) mass is 482 g/mol. The first-order valence-corrected chi connectivity index (χ1v) is 16.0. The first-order valence-electron chi connectivity index (χ1n) is 16.0. The molecule has 0 saturated heterocycles. The molecule has 0 aliphatic heterocycles. The Kier molecular flexibility index (Phi) is 14.3. The SMILES string of the molecule is CCCCCCCC1CCC(c2ccc(OCCCC3CCC(CCCCCC)CC3)cc2)CC1. The fourth-order valence-electron chi connectivity index (χ4n) is 6.89. The van der Waals surface area contributed by atoms with Gasteiger partial charge in [0.25, 0.3) is 0 Å². The minimum absolute atomic E-state index is 0.780. The maximum Gasteiger partial charge on any atom is 0.119 e. The molecule has 0 heterocycles. The van der Waals surface area contributed by atoms with Crippen molar-refractivity contribution in [2.75, 3.05) is 6.61 Å². The van der Waals surface area contributed by atoms with Gasteiger partial charge in [0.15, 0.2) is 0 Å². The summed E-state index contributed by atoms with van der Waals surface area (Å²) in [7, 11) is 0. The van der Waals surface area contributed by atoms with E-state index in [-0.39, 0.29) is 0 Å². The van der Waals surface area contributed by atoms with Gasteiger partial charge in [-0.2, -0.15) is 0 Å². The van der Waals surface area contributed by atoms with Gasteiger partial charge in [0.2, 0.25) is 0 Å². The number of benzene rings is 1. The van der Waals surface area contributed by atoms with E-state index in [0.717, 1.165) is 36.0 Å². The fourth-order valence-corrected chi connectivity index (χ4v) is 6.89. The minimum atomic E-state index is 0.780. The maximum atomic E-state index is 6.13. The lowest BCUT2D eigenvalue weighted by Gasteiger charge is -2.29. The highest BCUT2D eigenvalue weighted by molar-refractivity contribution is 5.29. The summed E-state index contributed by atoms with van der Waals surface area (Å²) in [5, 5.41) is 0. The van der Waals surface area contributed by atoms with Crippen LogP contribution >= 0.6 is 0 Å². The highest BCUT2D eigenvalue weighted by Gasteiger charge is 2.22. The van der Waals surface area contributed by atoms with Crippen molar-refractivity contribution in [1.82, 2.24) is 0 Å². The second-order valence-electron chi connectivity index (χ2n) is 12.2. The molecule has 0 amide bonds. The number of hydrogen-bond acceptors (Lipinski definition) is 1. The topological polar surface area (TPSA) is 9.23 Å². The van der Waals surface area contributed by atoms with Crippen LogP contribution in [-0.4, -0.2) is 6.61 Å². The summed E-state index contributed by atoms with van der Waals surface area (Å²) in [4.78, 5) is 0. The zero-order valence-electron chi connectivity index (χ0n) is 23.6.